The molecule has 0 bridgehead atoms. The molecule has 2 atom stereocenters. The van der Waals surface area contributed by atoms with Crippen molar-refractivity contribution in [3.8, 4) is 0 Å². The monoisotopic (exact) mass is 252 g/mol. The Morgan fingerprint density at radius 2 is 2.24 bits per heavy atom. The Morgan fingerprint density at radius 1 is 1.35 bits per heavy atom. The summed E-state index contributed by atoms with van der Waals surface area (Å²) in [4.78, 5) is 2.40. The van der Waals surface area contributed by atoms with Gasteiger partial charge in [-0.2, -0.15) is 0 Å². The fourth-order valence-electron chi connectivity index (χ4n) is 3.01. The summed E-state index contributed by atoms with van der Waals surface area (Å²) in [6.45, 7) is 1.72. The molecule has 1 saturated heterocycles. The predicted octanol–water partition coefficient (Wildman–Crippen LogP) is 2.68. The highest BCUT2D eigenvalue weighted by Crippen LogP contribution is 2.36. The second-order valence-corrected chi connectivity index (χ2v) is 5.24. The van der Waals surface area contributed by atoms with Crippen LogP contribution in [-0.2, 0) is 4.74 Å². The van der Waals surface area contributed by atoms with Gasteiger partial charge in [0.25, 0.3) is 0 Å². The molecule has 2 aliphatic rings. The van der Waals surface area contributed by atoms with Gasteiger partial charge in [-0.3, -0.25) is 0 Å². The Hall–Kier alpha value is -0.930. The van der Waals surface area contributed by atoms with Gasteiger partial charge in [0.15, 0.2) is 0 Å². The molecule has 0 radical (unpaired) electrons. The van der Waals surface area contributed by atoms with E-state index in [1.165, 1.54) is 19.3 Å². The van der Waals surface area contributed by atoms with Gasteiger partial charge in [-0.15, -0.1) is 0 Å². The summed E-state index contributed by atoms with van der Waals surface area (Å²) >= 11 is 5.94. The van der Waals surface area contributed by atoms with Gasteiger partial charge < -0.3 is 15.4 Å². The van der Waals surface area contributed by atoms with E-state index in [4.69, 9.17) is 22.1 Å². The van der Waals surface area contributed by atoms with E-state index in [2.05, 4.69) is 4.90 Å². The van der Waals surface area contributed by atoms with Gasteiger partial charge in [-0.05, 0) is 37.5 Å². The highest BCUT2D eigenvalue weighted by Gasteiger charge is 2.36. The first-order chi connectivity index (χ1) is 8.25. The van der Waals surface area contributed by atoms with E-state index in [0.29, 0.717) is 17.2 Å². The van der Waals surface area contributed by atoms with Crippen molar-refractivity contribution in [3.05, 3.63) is 23.2 Å². The van der Waals surface area contributed by atoms with Crippen LogP contribution in [-0.4, -0.2) is 25.3 Å². The van der Waals surface area contributed by atoms with E-state index < -0.39 is 0 Å². The second kappa shape index (κ2) is 4.39. The Morgan fingerprint density at radius 3 is 3.06 bits per heavy atom. The minimum absolute atomic E-state index is 0.388. The Kier molecular flexibility index (Phi) is 2.89. The maximum atomic E-state index is 6.07. The average molecular weight is 253 g/mol. The molecule has 2 unspecified atom stereocenters. The van der Waals surface area contributed by atoms with Crippen molar-refractivity contribution < 1.29 is 4.74 Å². The number of hydrogen-bond donors (Lipinski definition) is 1. The summed E-state index contributed by atoms with van der Waals surface area (Å²) < 4.78 is 5.81. The number of anilines is 2. The fraction of sp³-hybridized carbons (Fsp3) is 0.538. The molecule has 0 aromatic heterocycles. The summed E-state index contributed by atoms with van der Waals surface area (Å²) in [6, 6.07) is 6.26. The van der Waals surface area contributed by atoms with E-state index in [0.717, 1.165) is 24.5 Å². The molecule has 1 aromatic rings. The topological polar surface area (TPSA) is 38.5 Å². The summed E-state index contributed by atoms with van der Waals surface area (Å²) in [5.41, 5.74) is 7.94. The molecule has 3 rings (SSSR count). The molecule has 1 aliphatic heterocycles. The number of rotatable bonds is 1. The smallest absolute Gasteiger partial charge is 0.0779 e. The third-order valence-corrected chi connectivity index (χ3v) is 4.02. The van der Waals surface area contributed by atoms with Crippen molar-refractivity contribution >= 4 is 23.0 Å². The van der Waals surface area contributed by atoms with Crippen LogP contribution >= 0.6 is 11.6 Å². The van der Waals surface area contributed by atoms with Crippen molar-refractivity contribution in [1.29, 1.82) is 0 Å². The number of ether oxygens (including phenoxy) is 1. The number of fused-ring (bicyclic) bond motifs is 1. The number of nitrogen functional groups attached to an aromatic ring is 1. The van der Waals surface area contributed by atoms with Crippen molar-refractivity contribution in [3.63, 3.8) is 0 Å². The van der Waals surface area contributed by atoms with E-state index >= 15 is 0 Å². The van der Waals surface area contributed by atoms with Crippen LogP contribution < -0.4 is 10.6 Å². The van der Waals surface area contributed by atoms with Crippen LogP contribution in [0.5, 0.6) is 0 Å². The molecule has 1 saturated carbocycles. The first-order valence-corrected chi connectivity index (χ1v) is 6.57. The molecular weight excluding hydrogens is 236 g/mol. The zero-order valence-corrected chi connectivity index (χ0v) is 10.5. The molecule has 4 heteroatoms. The number of benzene rings is 1. The highest BCUT2D eigenvalue weighted by atomic mass is 35.5. The van der Waals surface area contributed by atoms with Crippen molar-refractivity contribution in [1.82, 2.24) is 0 Å². The van der Waals surface area contributed by atoms with Gasteiger partial charge >= 0.3 is 0 Å². The number of hydrogen-bond acceptors (Lipinski definition) is 3. The zero-order valence-electron chi connectivity index (χ0n) is 9.73. The number of nitrogens with zero attached hydrogens (tertiary/aromatic N) is 1. The average Bonchev–Trinajstić information content (AvgIpc) is 2.77. The van der Waals surface area contributed by atoms with Gasteiger partial charge in [0.1, 0.15) is 0 Å². The highest BCUT2D eigenvalue weighted by molar-refractivity contribution is 6.31. The number of morpholine rings is 1. The molecule has 1 aliphatic carbocycles. The van der Waals surface area contributed by atoms with Crippen LogP contribution in [0.2, 0.25) is 5.02 Å². The lowest BCUT2D eigenvalue weighted by atomic mass is 10.1. The minimum atomic E-state index is 0.388. The Bertz CT molecular complexity index is 424. The van der Waals surface area contributed by atoms with Gasteiger partial charge in [0, 0.05) is 11.6 Å². The summed E-state index contributed by atoms with van der Waals surface area (Å²) in [5, 5.41) is 0.697. The Balaban J connectivity index is 1.91. The van der Waals surface area contributed by atoms with Gasteiger partial charge in [-0.1, -0.05) is 11.6 Å². The summed E-state index contributed by atoms with van der Waals surface area (Å²) in [6.07, 6.45) is 4.01. The summed E-state index contributed by atoms with van der Waals surface area (Å²) in [5.74, 6) is 0. The Labute approximate surface area is 106 Å². The predicted molar refractivity (Wildman–Crippen MR) is 70.6 cm³/mol. The molecule has 3 nitrogen and oxygen atoms in total. The molecule has 92 valence electrons. The maximum absolute atomic E-state index is 6.07. The normalized spacial score (nSPS) is 28.2. The van der Waals surface area contributed by atoms with Crippen molar-refractivity contribution in [2.24, 2.45) is 0 Å². The second-order valence-electron chi connectivity index (χ2n) is 4.80. The molecule has 1 heterocycles. The first-order valence-electron chi connectivity index (χ1n) is 6.19. The molecule has 1 aromatic carbocycles. The SMILES string of the molecule is Nc1cc(Cl)ccc1N1CCOC2CCCC21. The van der Waals surface area contributed by atoms with E-state index in [1.807, 2.05) is 18.2 Å². The van der Waals surface area contributed by atoms with Gasteiger partial charge in [-0.25, -0.2) is 0 Å². The van der Waals surface area contributed by atoms with Gasteiger partial charge in [0.05, 0.1) is 30.1 Å². The van der Waals surface area contributed by atoms with Crippen LogP contribution in [0.3, 0.4) is 0 Å². The standard InChI is InChI=1S/C13H17ClN2O/c14-9-4-5-11(10(15)8-9)16-6-7-17-13-3-1-2-12(13)16/h4-5,8,12-13H,1-3,6-7,15H2. The molecule has 0 amide bonds. The van der Waals surface area contributed by atoms with Crippen LogP contribution in [0.25, 0.3) is 0 Å². The van der Waals surface area contributed by atoms with E-state index in [1.54, 1.807) is 0 Å². The van der Waals surface area contributed by atoms with Crippen LogP contribution in [0.15, 0.2) is 18.2 Å². The van der Waals surface area contributed by atoms with Crippen LogP contribution in [0.1, 0.15) is 19.3 Å². The lowest BCUT2D eigenvalue weighted by Gasteiger charge is -2.39. The van der Waals surface area contributed by atoms with Gasteiger partial charge in [0.2, 0.25) is 0 Å². The quantitative estimate of drug-likeness (QED) is 0.781. The lowest BCUT2D eigenvalue weighted by molar-refractivity contribution is 0.0257. The molecule has 2 fully saturated rings. The zero-order chi connectivity index (χ0) is 11.8. The molecule has 17 heavy (non-hydrogen) atoms. The van der Waals surface area contributed by atoms with E-state index in [9.17, 15) is 0 Å². The number of halogens is 1. The number of nitrogens with two attached hydrogens (primary N) is 1. The minimum Gasteiger partial charge on any atom is -0.397 e. The first kappa shape index (κ1) is 11.2. The third kappa shape index (κ3) is 1.98. The third-order valence-electron chi connectivity index (χ3n) is 3.78. The molecular formula is C13H17ClN2O. The lowest BCUT2D eigenvalue weighted by Crippen LogP contribution is -2.48. The molecule has 0 spiro atoms. The fourth-order valence-corrected chi connectivity index (χ4v) is 3.19. The van der Waals surface area contributed by atoms with Crippen molar-refractivity contribution in [2.75, 3.05) is 23.8 Å². The van der Waals surface area contributed by atoms with E-state index in [-0.39, 0.29) is 0 Å². The largest absolute Gasteiger partial charge is 0.397 e. The van der Waals surface area contributed by atoms with Crippen molar-refractivity contribution in [2.45, 2.75) is 31.4 Å². The van der Waals surface area contributed by atoms with Crippen LogP contribution in [0, 0.1) is 0 Å². The maximum Gasteiger partial charge on any atom is 0.0779 e. The molecule has 2 N–H and O–H groups in total. The van der Waals surface area contributed by atoms with Crippen LogP contribution in [0.4, 0.5) is 11.4 Å². The summed E-state index contributed by atoms with van der Waals surface area (Å²) in [7, 11) is 0.